The normalized spacial score (nSPS) is 10.8. The third kappa shape index (κ3) is 2.22. The number of nitrogens with two attached hydrogens (primary N) is 1. The maximum atomic E-state index is 5.98. The number of hydrogen-bond acceptors (Lipinski definition) is 4. The summed E-state index contributed by atoms with van der Waals surface area (Å²) in [7, 11) is 0. The van der Waals surface area contributed by atoms with Crippen LogP contribution in [0.1, 0.15) is 11.4 Å². The third-order valence-corrected chi connectivity index (χ3v) is 3.10. The van der Waals surface area contributed by atoms with Crippen molar-refractivity contribution in [3.05, 3.63) is 48.3 Å². The van der Waals surface area contributed by atoms with E-state index in [1.54, 1.807) is 12.5 Å². The van der Waals surface area contributed by atoms with Gasteiger partial charge in [-0.05, 0) is 25.1 Å². The molecule has 2 aromatic heterocycles. The summed E-state index contributed by atoms with van der Waals surface area (Å²) in [5, 5.41) is 5.45. The standard InChI is InChI=1S/C14H15N5/c1-9-4-11-12(7-17-9)13(15)2-3-14(11)18-6-10-5-16-8-19-10/h2-5,7-8,18H,6,15H2,1H3,(H,16,19). The van der Waals surface area contributed by atoms with Gasteiger partial charge < -0.3 is 16.0 Å². The largest absolute Gasteiger partial charge is 0.398 e. The molecule has 0 amide bonds. The van der Waals surface area contributed by atoms with Gasteiger partial charge in [0.1, 0.15) is 0 Å². The number of aryl methyl sites for hydroxylation is 1. The Hall–Kier alpha value is -2.56. The van der Waals surface area contributed by atoms with Gasteiger partial charge in [0.05, 0.1) is 18.6 Å². The Labute approximate surface area is 110 Å². The molecule has 0 atom stereocenters. The topological polar surface area (TPSA) is 79.6 Å². The van der Waals surface area contributed by atoms with E-state index in [-0.39, 0.29) is 0 Å². The summed E-state index contributed by atoms with van der Waals surface area (Å²) < 4.78 is 0. The molecule has 1 aromatic carbocycles. The van der Waals surface area contributed by atoms with E-state index >= 15 is 0 Å². The van der Waals surface area contributed by atoms with Crippen LogP contribution >= 0.6 is 0 Å². The molecule has 4 N–H and O–H groups in total. The number of nitrogens with zero attached hydrogens (tertiary/aromatic N) is 2. The Morgan fingerprint density at radius 2 is 2.16 bits per heavy atom. The first-order chi connectivity index (χ1) is 9.24. The van der Waals surface area contributed by atoms with Gasteiger partial charge in [-0.25, -0.2) is 4.98 Å². The summed E-state index contributed by atoms with van der Waals surface area (Å²) in [6.07, 6.45) is 5.30. The molecule has 5 nitrogen and oxygen atoms in total. The monoisotopic (exact) mass is 253 g/mol. The van der Waals surface area contributed by atoms with Crippen molar-refractivity contribution in [3.8, 4) is 0 Å². The predicted octanol–water partition coefficient (Wildman–Crippen LogP) is 2.46. The van der Waals surface area contributed by atoms with E-state index in [9.17, 15) is 0 Å². The number of H-pyrrole nitrogens is 1. The highest BCUT2D eigenvalue weighted by molar-refractivity contribution is 6.00. The molecular weight excluding hydrogens is 238 g/mol. The van der Waals surface area contributed by atoms with Gasteiger partial charge in [0.15, 0.2) is 0 Å². The molecule has 19 heavy (non-hydrogen) atoms. The van der Waals surface area contributed by atoms with Crippen LogP contribution in [0.5, 0.6) is 0 Å². The van der Waals surface area contributed by atoms with Gasteiger partial charge in [-0.3, -0.25) is 4.98 Å². The molecule has 0 bridgehead atoms. The van der Waals surface area contributed by atoms with Crippen LogP contribution in [0.25, 0.3) is 10.8 Å². The van der Waals surface area contributed by atoms with Crippen LogP contribution < -0.4 is 11.1 Å². The highest BCUT2D eigenvalue weighted by Gasteiger charge is 2.05. The molecule has 0 saturated carbocycles. The Morgan fingerprint density at radius 3 is 2.95 bits per heavy atom. The van der Waals surface area contributed by atoms with Crippen molar-refractivity contribution in [2.45, 2.75) is 13.5 Å². The number of nitrogen functional groups attached to an aromatic ring is 1. The van der Waals surface area contributed by atoms with Crippen LogP contribution in [0.3, 0.4) is 0 Å². The Kier molecular flexibility index (Phi) is 2.79. The second kappa shape index (κ2) is 4.61. The molecule has 0 spiro atoms. The summed E-state index contributed by atoms with van der Waals surface area (Å²) in [6, 6.07) is 5.93. The smallest absolute Gasteiger partial charge is 0.0922 e. The fraction of sp³-hybridized carbons (Fsp3) is 0.143. The first kappa shape index (κ1) is 11.5. The summed E-state index contributed by atoms with van der Waals surface area (Å²) in [6.45, 7) is 2.67. The van der Waals surface area contributed by atoms with E-state index in [1.165, 1.54) is 0 Å². The predicted molar refractivity (Wildman–Crippen MR) is 76.8 cm³/mol. The summed E-state index contributed by atoms with van der Waals surface area (Å²) >= 11 is 0. The number of imidazole rings is 1. The SMILES string of the molecule is Cc1cc2c(NCc3cnc[nH]3)ccc(N)c2cn1. The van der Waals surface area contributed by atoms with Crippen LogP contribution in [0, 0.1) is 6.92 Å². The maximum Gasteiger partial charge on any atom is 0.0922 e. The summed E-state index contributed by atoms with van der Waals surface area (Å²) in [4.78, 5) is 11.4. The molecule has 3 aromatic rings. The van der Waals surface area contributed by atoms with E-state index in [1.807, 2.05) is 31.3 Å². The molecule has 0 aliphatic carbocycles. The molecule has 5 heteroatoms. The molecule has 0 saturated heterocycles. The Balaban J connectivity index is 1.98. The van der Waals surface area contributed by atoms with E-state index in [0.29, 0.717) is 6.54 Å². The molecule has 0 aliphatic heterocycles. The van der Waals surface area contributed by atoms with Crippen molar-refractivity contribution in [1.29, 1.82) is 0 Å². The van der Waals surface area contributed by atoms with Crippen LogP contribution in [0.4, 0.5) is 11.4 Å². The highest BCUT2D eigenvalue weighted by Crippen LogP contribution is 2.28. The Morgan fingerprint density at radius 1 is 1.26 bits per heavy atom. The van der Waals surface area contributed by atoms with E-state index in [4.69, 9.17) is 5.73 Å². The van der Waals surface area contributed by atoms with E-state index in [0.717, 1.165) is 33.5 Å². The van der Waals surface area contributed by atoms with E-state index in [2.05, 4.69) is 20.3 Å². The number of pyridine rings is 1. The van der Waals surface area contributed by atoms with Gasteiger partial charge in [-0.1, -0.05) is 0 Å². The molecule has 0 unspecified atom stereocenters. The molecule has 3 rings (SSSR count). The zero-order valence-electron chi connectivity index (χ0n) is 10.6. The van der Waals surface area contributed by atoms with Crippen molar-refractivity contribution >= 4 is 22.1 Å². The van der Waals surface area contributed by atoms with Crippen LogP contribution in [0.15, 0.2) is 36.9 Å². The van der Waals surface area contributed by atoms with Gasteiger partial charge in [0, 0.05) is 40.2 Å². The van der Waals surface area contributed by atoms with Gasteiger partial charge >= 0.3 is 0 Å². The fourth-order valence-electron chi connectivity index (χ4n) is 2.09. The minimum atomic E-state index is 0.695. The number of fused-ring (bicyclic) bond motifs is 1. The average Bonchev–Trinajstić information content (AvgIpc) is 2.91. The highest BCUT2D eigenvalue weighted by atomic mass is 14.9. The molecule has 96 valence electrons. The van der Waals surface area contributed by atoms with Crippen LogP contribution in [-0.2, 0) is 6.54 Å². The second-order valence-corrected chi connectivity index (χ2v) is 4.50. The summed E-state index contributed by atoms with van der Waals surface area (Å²) in [5.74, 6) is 0. The fourth-order valence-corrected chi connectivity index (χ4v) is 2.09. The first-order valence-corrected chi connectivity index (χ1v) is 6.10. The van der Waals surface area contributed by atoms with Gasteiger partial charge in [0.2, 0.25) is 0 Å². The minimum absolute atomic E-state index is 0.695. The Bertz CT molecular complexity index is 703. The molecule has 0 fully saturated rings. The quantitative estimate of drug-likeness (QED) is 0.626. The first-order valence-electron chi connectivity index (χ1n) is 6.10. The van der Waals surface area contributed by atoms with Crippen molar-refractivity contribution in [3.63, 3.8) is 0 Å². The lowest BCUT2D eigenvalue weighted by atomic mass is 10.1. The van der Waals surface area contributed by atoms with Gasteiger partial charge in [-0.2, -0.15) is 0 Å². The number of benzene rings is 1. The number of aromatic amines is 1. The zero-order valence-corrected chi connectivity index (χ0v) is 10.6. The minimum Gasteiger partial charge on any atom is -0.398 e. The van der Waals surface area contributed by atoms with Crippen LogP contribution in [-0.4, -0.2) is 15.0 Å². The lowest BCUT2D eigenvalue weighted by molar-refractivity contribution is 1.08. The number of rotatable bonds is 3. The number of hydrogen-bond donors (Lipinski definition) is 3. The summed E-state index contributed by atoms with van der Waals surface area (Å²) in [5.41, 5.74) is 9.79. The molecular formula is C14H15N5. The lowest BCUT2D eigenvalue weighted by Gasteiger charge is -2.11. The van der Waals surface area contributed by atoms with Crippen molar-refractivity contribution in [2.24, 2.45) is 0 Å². The van der Waals surface area contributed by atoms with Gasteiger partial charge in [-0.15, -0.1) is 0 Å². The molecule has 2 heterocycles. The zero-order chi connectivity index (χ0) is 13.2. The molecule has 0 aliphatic rings. The van der Waals surface area contributed by atoms with Crippen molar-refractivity contribution in [1.82, 2.24) is 15.0 Å². The van der Waals surface area contributed by atoms with Crippen molar-refractivity contribution in [2.75, 3.05) is 11.1 Å². The lowest BCUT2D eigenvalue weighted by Crippen LogP contribution is -2.01. The third-order valence-electron chi connectivity index (χ3n) is 3.10. The maximum absolute atomic E-state index is 5.98. The van der Waals surface area contributed by atoms with E-state index < -0.39 is 0 Å². The molecule has 0 radical (unpaired) electrons. The van der Waals surface area contributed by atoms with Crippen LogP contribution in [0.2, 0.25) is 0 Å². The number of aromatic nitrogens is 3. The van der Waals surface area contributed by atoms with Gasteiger partial charge in [0.25, 0.3) is 0 Å². The van der Waals surface area contributed by atoms with Crippen molar-refractivity contribution < 1.29 is 0 Å². The average molecular weight is 253 g/mol. The number of nitrogens with one attached hydrogen (secondary N) is 2. The second-order valence-electron chi connectivity index (χ2n) is 4.50. The number of anilines is 2.